The molecule has 0 aliphatic heterocycles. The van der Waals surface area contributed by atoms with Crippen molar-refractivity contribution in [2.45, 2.75) is 6.36 Å². The number of aromatic amines is 1. The van der Waals surface area contributed by atoms with E-state index in [0.29, 0.717) is 11.3 Å². The molecule has 0 saturated carbocycles. The largest absolute Gasteiger partial charge is 0.573 e. The highest BCUT2D eigenvalue weighted by molar-refractivity contribution is 5.72. The van der Waals surface area contributed by atoms with Crippen molar-refractivity contribution in [1.29, 1.82) is 0 Å². The van der Waals surface area contributed by atoms with Gasteiger partial charge in [0.2, 0.25) is 0 Å². The Bertz CT molecular complexity index is 596. The van der Waals surface area contributed by atoms with Crippen molar-refractivity contribution >= 4 is 0 Å². The number of benzene rings is 1. The molecule has 0 aliphatic carbocycles. The van der Waals surface area contributed by atoms with Crippen LogP contribution in [0.4, 0.5) is 13.2 Å². The van der Waals surface area contributed by atoms with Crippen LogP contribution in [0.1, 0.15) is 5.56 Å². The van der Waals surface area contributed by atoms with Gasteiger partial charge >= 0.3 is 6.36 Å². The highest BCUT2D eigenvalue weighted by Crippen LogP contribution is 2.33. The van der Waals surface area contributed by atoms with E-state index >= 15 is 0 Å². The van der Waals surface area contributed by atoms with E-state index in [1.165, 1.54) is 24.4 Å². The van der Waals surface area contributed by atoms with Crippen LogP contribution in [-0.4, -0.2) is 16.6 Å². The first-order chi connectivity index (χ1) is 8.51. The van der Waals surface area contributed by atoms with Gasteiger partial charge in [0.25, 0.3) is 0 Å². The van der Waals surface area contributed by atoms with Crippen LogP contribution in [0.15, 0.2) is 30.5 Å². The summed E-state index contributed by atoms with van der Waals surface area (Å²) in [6, 6.07) is 5.70. The third kappa shape index (κ3) is 2.46. The third-order valence-corrected chi connectivity index (χ3v) is 2.18. The van der Waals surface area contributed by atoms with Gasteiger partial charge in [0.1, 0.15) is 5.75 Å². The lowest BCUT2D eigenvalue weighted by Gasteiger charge is -2.12. The molecule has 0 saturated heterocycles. The maximum Gasteiger partial charge on any atom is 0.573 e. The average Bonchev–Trinajstić information content (AvgIpc) is 2.75. The van der Waals surface area contributed by atoms with E-state index in [1.807, 2.05) is 0 Å². The summed E-state index contributed by atoms with van der Waals surface area (Å²) < 4.78 is 40.7. The monoisotopic (exact) mass is 252 g/mol. The fraction of sp³-hybridized carbons (Fsp3) is 0.0833. The molecule has 92 valence electrons. The molecule has 0 spiro atoms. The minimum absolute atomic E-state index is 0.209. The molecule has 0 bridgehead atoms. The number of nitrogens with zero attached hydrogens (tertiary/aromatic N) is 1. The van der Waals surface area contributed by atoms with Crippen LogP contribution in [0.2, 0.25) is 0 Å². The standard InChI is InChI=1S/C12H7F3N2O/c1-2-8-7-16-17-11(8)9-5-3-4-6-10(9)18-12(13,14)15/h1,3-7H,(H,16,17). The van der Waals surface area contributed by atoms with Gasteiger partial charge in [-0.05, 0) is 12.1 Å². The first-order valence-corrected chi connectivity index (χ1v) is 4.86. The van der Waals surface area contributed by atoms with E-state index in [-0.39, 0.29) is 11.3 Å². The summed E-state index contributed by atoms with van der Waals surface area (Å²) in [6.45, 7) is 0. The second kappa shape index (κ2) is 4.45. The van der Waals surface area contributed by atoms with Crippen LogP contribution in [0.25, 0.3) is 11.3 Å². The normalized spacial score (nSPS) is 11.0. The Morgan fingerprint density at radius 1 is 1.28 bits per heavy atom. The summed E-state index contributed by atoms with van der Waals surface area (Å²) in [4.78, 5) is 0. The minimum atomic E-state index is -4.76. The Kier molecular flexibility index (Phi) is 2.98. The van der Waals surface area contributed by atoms with Gasteiger partial charge in [-0.1, -0.05) is 18.1 Å². The average molecular weight is 252 g/mol. The van der Waals surface area contributed by atoms with Crippen molar-refractivity contribution in [2.75, 3.05) is 0 Å². The van der Waals surface area contributed by atoms with Gasteiger partial charge < -0.3 is 4.74 Å². The predicted octanol–water partition coefficient (Wildman–Crippen LogP) is 2.96. The Hall–Kier alpha value is -2.42. The van der Waals surface area contributed by atoms with Gasteiger partial charge in [-0.3, -0.25) is 5.10 Å². The second-order valence-corrected chi connectivity index (χ2v) is 3.35. The number of hydrogen-bond donors (Lipinski definition) is 1. The van der Waals surface area contributed by atoms with Crippen molar-refractivity contribution < 1.29 is 17.9 Å². The van der Waals surface area contributed by atoms with E-state index in [4.69, 9.17) is 6.42 Å². The first kappa shape index (κ1) is 12.0. The van der Waals surface area contributed by atoms with Crippen molar-refractivity contribution in [3.05, 3.63) is 36.0 Å². The molecule has 2 rings (SSSR count). The third-order valence-electron chi connectivity index (χ3n) is 2.18. The van der Waals surface area contributed by atoms with Gasteiger partial charge in [-0.25, -0.2) is 0 Å². The van der Waals surface area contributed by atoms with Crippen LogP contribution in [0.3, 0.4) is 0 Å². The SMILES string of the molecule is C#Cc1cn[nH]c1-c1ccccc1OC(F)(F)F. The molecule has 1 aromatic carbocycles. The Balaban J connectivity index is 2.49. The van der Waals surface area contributed by atoms with Gasteiger partial charge in [0.15, 0.2) is 0 Å². The quantitative estimate of drug-likeness (QED) is 0.834. The van der Waals surface area contributed by atoms with E-state index in [2.05, 4.69) is 20.9 Å². The van der Waals surface area contributed by atoms with E-state index in [9.17, 15) is 13.2 Å². The highest BCUT2D eigenvalue weighted by Gasteiger charge is 2.32. The lowest BCUT2D eigenvalue weighted by atomic mass is 10.1. The van der Waals surface area contributed by atoms with E-state index in [0.717, 1.165) is 0 Å². The molecule has 0 amide bonds. The summed E-state index contributed by atoms with van der Waals surface area (Å²) in [5, 5.41) is 6.26. The number of hydrogen-bond acceptors (Lipinski definition) is 2. The van der Waals surface area contributed by atoms with Gasteiger partial charge in [0, 0.05) is 5.56 Å². The molecule has 0 fully saturated rings. The van der Waals surface area contributed by atoms with Gasteiger partial charge in [-0.15, -0.1) is 19.6 Å². The zero-order valence-electron chi connectivity index (χ0n) is 8.95. The second-order valence-electron chi connectivity index (χ2n) is 3.35. The number of H-pyrrole nitrogens is 1. The topological polar surface area (TPSA) is 37.9 Å². The van der Waals surface area contributed by atoms with Crippen molar-refractivity contribution in [3.63, 3.8) is 0 Å². The van der Waals surface area contributed by atoms with Crippen LogP contribution >= 0.6 is 0 Å². The molecule has 3 nitrogen and oxygen atoms in total. The first-order valence-electron chi connectivity index (χ1n) is 4.86. The van der Waals surface area contributed by atoms with Crippen molar-refractivity contribution in [1.82, 2.24) is 10.2 Å². The zero-order chi connectivity index (χ0) is 13.2. The molecule has 0 aliphatic rings. The lowest BCUT2D eigenvalue weighted by Crippen LogP contribution is -2.17. The molecule has 2 aromatic rings. The van der Waals surface area contributed by atoms with Gasteiger partial charge in [0.05, 0.1) is 17.5 Å². The Morgan fingerprint density at radius 3 is 2.67 bits per heavy atom. The molecule has 1 heterocycles. The van der Waals surface area contributed by atoms with E-state index in [1.54, 1.807) is 6.07 Å². The summed E-state index contributed by atoms with van der Waals surface area (Å²) >= 11 is 0. The maximum atomic E-state index is 12.3. The van der Waals surface area contributed by atoms with Gasteiger partial charge in [-0.2, -0.15) is 5.10 Å². The number of alkyl halides is 3. The molecule has 1 aromatic heterocycles. The van der Waals surface area contributed by atoms with E-state index < -0.39 is 6.36 Å². The van der Waals surface area contributed by atoms with Crippen molar-refractivity contribution in [3.8, 4) is 29.4 Å². The smallest absolute Gasteiger partial charge is 0.405 e. The molecule has 1 N–H and O–H groups in total. The number of ether oxygens (including phenoxy) is 1. The minimum Gasteiger partial charge on any atom is -0.405 e. The molecule has 0 atom stereocenters. The summed E-state index contributed by atoms with van der Waals surface area (Å²) in [7, 11) is 0. The number of rotatable bonds is 2. The number of halogens is 3. The molecule has 0 radical (unpaired) electrons. The molecule has 0 unspecified atom stereocenters. The number of para-hydroxylation sites is 1. The van der Waals surface area contributed by atoms with Crippen LogP contribution in [0.5, 0.6) is 5.75 Å². The summed E-state index contributed by atoms with van der Waals surface area (Å²) in [5.74, 6) is 2.01. The van der Waals surface area contributed by atoms with Crippen LogP contribution in [-0.2, 0) is 0 Å². The summed E-state index contributed by atoms with van der Waals surface area (Å²) in [5.41, 5.74) is 0.894. The fourth-order valence-electron chi connectivity index (χ4n) is 1.49. The van der Waals surface area contributed by atoms with Crippen molar-refractivity contribution in [2.24, 2.45) is 0 Å². The zero-order valence-corrected chi connectivity index (χ0v) is 8.95. The number of terminal acetylenes is 1. The molecular formula is C12H7F3N2O. The Labute approximate surface area is 101 Å². The number of nitrogens with one attached hydrogen (secondary N) is 1. The van der Waals surface area contributed by atoms with Crippen LogP contribution < -0.4 is 4.74 Å². The molecular weight excluding hydrogens is 245 g/mol. The Morgan fingerprint density at radius 2 is 2.00 bits per heavy atom. The highest BCUT2D eigenvalue weighted by atomic mass is 19.4. The predicted molar refractivity (Wildman–Crippen MR) is 58.6 cm³/mol. The fourth-order valence-corrected chi connectivity index (χ4v) is 1.49. The van der Waals surface area contributed by atoms with Crippen LogP contribution in [0, 0.1) is 12.3 Å². The molecule has 18 heavy (non-hydrogen) atoms. The summed E-state index contributed by atoms with van der Waals surface area (Å²) in [6.07, 6.45) is 1.84. The number of aromatic nitrogens is 2. The molecule has 6 heteroatoms. The maximum absolute atomic E-state index is 12.3. The lowest BCUT2D eigenvalue weighted by molar-refractivity contribution is -0.274.